The average Bonchev–Trinajstić information content (AvgIpc) is 3.25. The Balaban J connectivity index is 1.47. The zero-order valence-electron chi connectivity index (χ0n) is 19.5. The van der Waals surface area contributed by atoms with Crippen LogP contribution in [0.5, 0.6) is 0 Å². The third-order valence-corrected chi connectivity index (χ3v) is 7.38. The third kappa shape index (κ3) is 4.10. The molecule has 2 aromatic heterocycles. The lowest BCUT2D eigenvalue weighted by Gasteiger charge is -2.48. The molecule has 1 amide bonds. The molecule has 7 heteroatoms. The second-order valence-electron chi connectivity index (χ2n) is 9.77. The Kier molecular flexibility index (Phi) is 5.57. The second kappa shape index (κ2) is 8.89. The van der Waals surface area contributed by atoms with E-state index in [0.717, 1.165) is 54.3 Å². The Morgan fingerprint density at radius 1 is 1.03 bits per heavy atom. The van der Waals surface area contributed by atoms with Gasteiger partial charge < -0.3 is 10.6 Å². The Morgan fingerprint density at radius 2 is 1.80 bits per heavy atom. The fourth-order valence-electron chi connectivity index (χ4n) is 5.80. The van der Waals surface area contributed by atoms with Gasteiger partial charge in [-0.2, -0.15) is 5.10 Å². The van der Waals surface area contributed by atoms with Crippen LogP contribution < -0.4 is 5.73 Å². The van der Waals surface area contributed by atoms with Crippen LogP contribution in [0.25, 0.3) is 22.3 Å². The molecule has 2 unspecified atom stereocenters. The normalized spacial score (nSPS) is 21.9. The van der Waals surface area contributed by atoms with E-state index in [2.05, 4.69) is 10.00 Å². The van der Waals surface area contributed by atoms with Crippen molar-refractivity contribution in [3.05, 3.63) is 83.8 Å². The summed E-state index contributed by atoms with van der Waals surface area (Å²) in [6.45, 7) is 0.365. The van der Waals surface area contributed by atoms with Gasteiger partial charge in [-0.25, -0.2) is 14.1 Å². The van der Waals surface area contributed by atoms with Gasteiger partial charge in [0.2, 0.25) is 0 Å². The summed E-state index contributed by atoms with van der Waals surface area (Å²) < 4.78 is 15.6. The van der Waals surface area contributed by atoms with E-state index in [4.69, 9.17) is 10.7 Å². The van der Waals surface area contributed by atoms with Gasteiger partial charge in [0.25, 0.3) is 5.91 Å². The summed E-state index contributed by atoms with van der Waals surface area (Å²) in [5.41, 5.74) is 10.00. The summed E-state index contributed by atoms with van der Waals surface area (Å²) in [7, 11) is 0. The molecule has 2 atom stereocenters. The molecule has 0 aliphatic carbocycles. The second-order valence-corrected chi connectivity index (χ2v) is 9.77. The first-order valence-electron chi connectivity index (χ1n) is 12.3. The molecule has 2 aliphatic heterocycles. The van der Waals surface area contributed by atoms with Crippen LogP contribution in [-0.4, -0.2) is 43.7 Å². The van der Waals surface area contributed by atoms with Crippen LogP contribution in [0.1, 0.15) is 48.0 Å². The van der Waals surface area contributed by atoms with Crippen LogP contribution in [0.3, 0.4) is 0 Å². The summed E-state index contributed by atoms with van der Waals surface area (Å²) in [6, 6.07) is 18.7. The number of rotatable bonds is 4. The van der Waals surface area contributed by atoms with Crippen molar-refractivity contribution in [1.82, 2.24) is 19.7 Å². The van der Waals surface area contributed by atoms with Crippen molar-refractivity contribution in [3.8, 4) is 11.3 Å². The van der Waals surface area contributed by atoms with Crippen LogP contribution in [-0.2, 0) is 6.54 Å². The van der Waals surface area contributed by atoms with Gasteiger partial charge in [-0.3, -0.25) is 4.79 Å². The highest BCUT2D eigenvalue weighted by atomic mass is 19.1. The van der Waals surface area contributed by atoms with Crippen molar-refractivity contribution < 1.29 is 9.18 Å². The predicted molar refractivity (Wildman–Crippen MR) is 133 cm³/mol. The highest BCUT2D eigenvalue weighted by Crippen LogP contribution is 2.36. The highest BCUT2D eigenvalue weighted by molar-refractivity contribution is 6.06. The lowest BCUT2D eigenvalue weighted by atomic mass is 9.81. The maximum Gasteiger partial charge on any atom is 0.255 e. The molecule has 6 nitrogen and oxygen atoms in total. The number of pyridine rings is 1. The van der Waals surface area contributed by atoms with Gasteiger partial charge in [-0.05, 0) is 55.9 Å². The summed E-state index contributed by atoms with van der Waals surface area (Å²) in [4.78, 5) is 21.1. The first kappa shape index (κ1) is 21.9. The number of benzene rings is 2. The van der Waals surface area contributed by atoms with Crippen LogP contribution >= 0.6 is 0 Å². The van der Waals surface area contributed by atoms with Gasteiger partial charge in [0.1, 0.15) is 5.82 Å². The quantitative estimate of drug-likeness (QED) is 0.467. The number of amides is 1. The molecule has 0 saturated carbocycles. The largest absolute Gasteiger partial charge is 0.333 e. The van der Waals surface area contributed by atoms with Gasteiger partial charge in [0.15, 0.2) is 5.65 Å². The number of halogens is 1. The Bertz CT molecular complexity index is 1370. The zero-order valence-corrected chi connectivity index (χ0v) is 19.5. The number of nitrogens with zero attached hydrogens (tertiary/aromatic N) is 4. The molecule has 2 N–H and O–H groups in total. The molecule has 4 heterocycles. The third-order valence-electron chi connectivity index (χ3n) is 7.38. The van der Waals surface area contributed by atoms with E-state index in [0.29, 0.717) is 17.8 Å². The molecule has 178 valence electrons. The van der Waals surface area contributed by atoms with E-state index >= 15 is 0 Å². The summed E-state index contributed by atoms with van der Waals surface area (Å²) >= 11 is 0. The lowest BCUT2D eigenvalue weighted by Crippen LogP contribution is -2.57. The summed E-state index contributed by atoms with van der Waals surface area (Å²) in [5, 5.41) is 5.29. The van der Waals surface area contributed by atoms with Crippen LogP contribution in [0.4, 0.5) is 4.39 Å². The molecule has 2 bridgehead atoms. The topological polar surface area (TPSA) is 77.0 Å². The van der Waals surface area contributed by atoms with Gasteiger partial charge in [0.05, 0.1) is 29.4 Å². The van der Waals surface area contributed by atoms with Crippen LogP contribution in [0.15, 0.2) is 66.9 Å². The molecule has 35 heavy (non-hydrogen) atoms. The molecule has 0 spiro atoms. The maximum atomic E-state index is 14.1. The van der Waals surface area contributed by atoms with E-state index in [1.54, 1.807) is 16.9 Å². The Labute approximate surface area is 203 Å². The smallest absolute Gasteiger partial charge is 0.255 e. The number of piperidine rings is 2. The van der Waals surface area contributed by atoms with E-state index in [-0.39, 0.29) is 29.8 Å². The molecule has 2 aromatic carbocycles. The minimum absolute atomic E-state index is 0.0292. The predicted octanol–water partition coefficient (Wildman–Crippen LogP) is 4.77. The minimum Gasteiger partial charge on any atom is -0.333 e. The molecule has 0 radical (unpaired) electrons. The zero-order chi connectivity index (χ0) is 23.9. The molecular weight excluding hydrogens is 441 g/mol. The van der Waals surface area contributed by atoms with Crippen molar-refractivity contribution >= 4 is 16.9 Å². The average molecular weight is 470 g/mol. The Hall–Kier alpha value is -3.58. The van der Waals surface area contributed by atoms with Crippen molar-refractivity contribution in [2.75, 3.05) is 0 Å². The van der Waals surface area contributed by atoms with E-state index in [9.17, 15) is 9.18 Å². The fraction of sp³-hybridized carbons (Fsp3) is 0.321. The fourth-order valence-corrected chi connectivity index (χ4v) is 5.80. The number of carbonyl (C=O) groups excluding carboxylic acids is 1. The van der Waals surface area contributed by atoms with Crippen molar-refractivity contribution in [1.29, 1.82) is 0 Å². The monoisotopic (exact) mass is 469 g/mol. The molecule has 2 fully saturated rings. The summed E-state index contributed by atoms with van der Waals surface area (Å²) in [6.07, 6.45) is 6.54. The number of nitrogens with two attached hydrogens (primary N) is 1. The molecule has 2 saturated heterocycles. The number of hydrogen-bond acceptors (Lipinski definition) is 4. The van der Waals surface area contributed by atoms with E-state index in [1.807, 2.05) is 42.5 Å². The van der Waals surface area contributed by atoms with Gasteiger partial charge >= 0.3 is 0 Å². The SMILES string of the molecule is NC1CC2CCCC(C1)N2C(=O)c1cc(-c2ccccc2)nc2c1cnn2Cc1cccc(F)c1. The van der Waals surface area contributed by atoms with Gasteiger partial charge in [0, 0.05) is 23.7 Å². The van der Waals surface area contributed by atoms with Crippen molar-refractivity contribution in [3.63, 3.8) is 0 Å². The van der Waals surface area contributed by atoms with Gasteiger partial charge in [-0.15, -0.1) is 0 Å². The van der Waals surface area contributed by atoms with Crippen LogP contribution in [0.2, 0.25) is 0 Å². The highest BCUT2D eigenvalue weighted by Gasteiger charge is 2.40. The maximum absolute atomic E-state index is 14.1. The Morgan fingerprint density at radius 3 is 2.54 bits per heavy atom. The first-order valence-corrected chi connectivity index (χ1v) is 12.3. The first-order chi connectivity index (χ1) is 17.1. The molecule has 4 aromatic rings. The molecule has 2 aliphatic rings. The van der Waals surface area contributed by atoms with Gasteiger partial charge in [-0.1, -0.05) is 42.5 Å². The van der Waals surface area contributed by atoms with Crippen molar-refractivity contribution in [2.45, 2.75) is 56.8 Å². The number of hydrogen-bond donors (Lipinski definition) is 1. The molecule has 6 rings (SSSR count). The number of aromatic nitrogens is 3. The lowest BCUT2D eigenvalue weighted by molar-refractivity contribution is 0.0244. The van der Waals surface area contributed by atoms with Crippen molar-refractivity contribution in [2.24, 2.45) is 5.73 Å². The number of carbonyl (C=O) groups is 1. The van der Waals surface area contributed by atoms with E-state index in [1.165, 1.54) is 12.1 Å². The minimum atomic E-state index is -0.289. The number of fused-ring (bicyclic) bond motifs is 3. The molecular formula is C28H28FN5O. The summed E-state index contributed by atoms with van der Waals surface area (Å²) in [5.74, 6) is -0.260. The van der Waals surface area contributed by atoms with Crippen LogP contribution in [0, 0.1) is 5.82 Å². The van der Waals surface area contributed by atoms with E-state index < -0.39 is 0 Å². The standard InChI is InChI=1S/C28H28FN5O/c29-20-9-4-6-18(12-20)17-33-27-25(16-31-33)24(15-26(32-27)19-7-2-1-3-8-19)28(35)34-22-10-5-11-23(34)14-21(30)13-22/h1-4,6-9,12,15-16,21-23H,5,10-11,13-14,17,30H2.